The Morgan fingerprint density at radius 1 is 1.09 bits per heavy atom. The van der Waals surface area contributed by atoms with Crippen molar-refractivity contribution in [2.75, 3.05) is 16.6 Å². The van der Waals surface area contributed by atoms with Crippen molar-refractivity contribution in [2.45, 2.75) is 38.0 Å². The summed E-state index contributed by atoms with van der Waals surface area (Å²) in [6, 6.07) is 10.4. The molecule has 0 aliphatic heterocycles. The van der Waals surface area contributed by atoms with Crippen LogP contribution in [0.1, 0.15) is 38.7 Å². The zero-order valence-electron chi connectivity index (χ0n) is 13.7. The molecule has 0 bridgehead atoms. The van der Waals surface area contributed by atoms with Gasteiger partial charge in [0.2, 0.25) is 0 Å². The van der Waals surface area contributed by atoms with E-state index in [1.165, 1.54) is 0 Å². The molecule has 0 aliphatic carbocycles. The van der Waals surface area contributed by atoms with Crippen molar-refractivity contribution in [3.8, 4) is 0 Å². The maximum Gasteiger partial charge on any atom is 0.263 e. The number of nitrogens with zero attached hydrogens (tertiary/aromatic N) is 1. The molecule has 0 saturated heterocycles. The SMILES string of the molecule is CCCNc1ccc(NS(=O)(=O)c2ccc(C(C)C)cc2)nc1. The monoisotopic (exact) mass is 333 g/mol. The van der Waals surface area contributed by atoms with Gasteiger partial charge >= 0.3 is 0 Å². The summed E-state index contributed by atoms with van der Waals surface area (Å²) < 4.78 is 27.2. The van der Waals surface area contributed by atoms with Crippen LogP contribution in [0.5, 0.6) is 0 Å². The second kappa shape index (κ2) is 7.46. The van der Waals surface area contributed by atoms with Crippen LogP contribution in [-0.4, -0.2) is 19.9 Å². The Balaban J connectivity index is 2.11. The Kier molecular flexibility index (Phi) is 5.60. The van der Waals surface area contributed by atoms with Crippen LogP contribution in [-0.2, 0) is 10.0 Å². The Morgan fingerprint density at radius 3 is 2.30 bits per heavy atom. The number of nitrogens with one attached hydrogen (secondary N) is 2. The summed E-state index contributed by atoms with van der Waals surface area (Å²) in [5, 5.41) is 3.19. The standard InChI is InChI=1S/C17H23N3O2S/c1-4-11-18-15-7-10-17(19-12-15)20-23(21,22)16-8-5-14(6-9-16)13(2)3/h5-10,12-13,18H,4,11H2,1-3H3,(H,19,20). The van der Waals surface area contributed by atoms with Crippen LogP contribution in [0.15, 0.2) is 47.5 Å². The molecule has 0 spiro atoms. The maximum atomic E-state index is 12.4. The first kappa shape index (κ1) is 17.3. The van der Waals surface area contributed by atoms with E-state index in [1.807, 2.05) is 18.2 Å². The lowest BCUT2D eigenvalue weighted by Crippen LogP contribution is -2.14. The van der Waals surface area contributed by atoms with Crippen molar-refractivity contribution < 1.29 is 8.42 Å². The Morgan fingerprint density at radius 2 is 1.78 bits per heavy atom. The fraction of sp³-hybridized carbons (Fsp3) is 0.353. The first-order valence-corrected chi connectivity index (χ1v) is 9.23. The van der Waals surface area contributed by atoms with Crippen molar-refractivity contribution in [1.29, 1.82) is 0 Å². The van der Waals surface area contributed by atoms with Gasteiger partial charge in [0.05, 0.1) is 16.8 Å². The van der Waals surface area contributed by atoms with E-state index in [-0.39, 0.29) is 4.90 Å². The minimum Gasteiger partial charge on any atom is -0.384 e. The molecular weight excluding hydrogens is 310 g/mol. The van der Waals surface area contributed by atoms with E-state index < -0.39 is 10.0 Å². The number of sulfonamides is 1. The van der Waals surface area contributed by atoms with Gasteiger partial charge in [-0.15, -0.1) is 0 Å². The van der Waals surface area contributed by atoms with Gasteiger partial charge in [-0.3, -0.25) is 4.72 Å². The van der Waals surface area contributed by atoms with Crippen molar-refractivity contribution in [2.24, 2.45) is 0 Å². The van der Waals surface area contributed by atoms with E-state index >= 15 is 0 Å². The lowest BCUT2D eigenvalue weighted by atomic mass is 10.0. The Hall–Kier alpha value is -2.08. The molecule has 124 valence electrons. The normalized spacial score (nSPS) is 11.5. The lowest BCUT2D eigenvalue weighted by Gasteiger charge is -2.10. The summed E-state index contributed by atoms with van der Waals surface area (Å²) in [7, 11) is -3.62. The average Bonchev–Trinajstić information content (AvgIpc) is 2.54. The zero-order chi connectivity index (χ0) is 16.9. The van der Waals surface area contributed by atoms with E-state index in [0.717, 1.165) is 24.2 Å². The molecule has 1 heterocycles. The minimum atomic E-state index is -3.62. The van der Waals surface area contributed by atoms with Crippen molar-refractivity contribution >= 4 is 21.5 Å². The molecule has 0 fully saturated rings. The summed E-state index contributed by atoms with van der Waals surface area (Å²) in [5.41, 5.74) is 1.98. The summed E-state index contributed by atoms with van der Waals surface area (Å²) >= 11 is 0. The van der Waals surface area contributed by atoms with Crippen LogP contribution < -0.4 is 10.0 Å². The van der Waals surface area contributed by atoms with Crippen LogP contribution in [0, 0.1) is 0 Å². The van der Waals surface area contributed by atoms with E-state index in [4.69, 9.17) is 0 Å². The quantitative estimate of drug-likeness (QED) is 0.808. The molecule has 0 amide bonds. The molecule has 0 saturated carbocycles. The molecule has 2 N–H and O–H groups in total. The number of aromatic nitrogens is 1. The number of pyridine rings is 1. The van der Waals surface area contributed by atoms with Crippen molar-refractivity contribution in [3.05, 3.63) is 48.2 Å². The molecule has 0 atom stereocenters. The van der Waals surface area contributed by atoms with Gasteiger partial charge < -0.3 is 5.32 Å². The summed E-state index contributed by atoms with van der Waals surface area (Å²) in [6.45, 7) is 7.07. The molecule has 1 aromatic heterocycles. The van der Waals surface area contributed by atoms with Gasteiger partial charge in [-0.25, -0.2) is 13.4 Å². The van der Waals surface area contributed by atoms with Crippen LogP contribution in [0.3, 0.4) is 0 Å². The highest BCUT2D eigenvalue weighted by molar-refractivity contribution is 7.92. The zero-order valence-corrected chi connectivity index (χ0v) is 14.5. The van der Waals surface area contributed by atoms with Gasteiger partial charge in [0.25, 0.3) is 10.0 Å². The molecule has 6 heteroatoms. The highest BCUT2D eigenvalue weighted by Crippen LogP contribution is 2.19. The van der Waals surface area contributed by atoms with E-state index in [0.29, 0.717) is 11.7 Å². The molecule has 5 nitrogen and oxygen atoms in total. The van der Waals surface area contributed by atoms with Gasteiger partial charge in [0, 0.05) is 6.54 Å². The average molecular weight is 333 g/mol. The maximum absolute atomic E-state index is 12.4. The molecule has 23 heavy (non-hydrogen) atoms. The molecule has 1 aromatic carbocycles. The second-order valence-electron chi connectivity index (χ2n) is 5.69. The Bertz CT molecular complexity index is 723. The predicted molar refractivity (Wildman–Crippen MR) is 94.4 cm³/mol. The number of hydrogen-bond acceptors (Lipinski definition) is 4. The van der Waals surface area contributed by atoms with Crippen LogP contribution in [0.25, 0.3) is 0 Å². The Labute approximate surface area is 138 Å². The fourth-order valence-corrected chi connectivity index (χ4v) is 3.06. The van der Waals surface area contributed by atoms with Crippen LogP contribution in [0.2, 0.25) is 0 Å². The molecule has 0 radical (unpaired) electrons. The smallest absolute Gasteiger partial charge is 0.263 e. The van der Waals surface area contributed by atoms with Crippen LogP contribution in [0.4, 0.5) is 11.5 Å². The second-order valence-corrected chi connectivity index (χ2v) is 7.37. The topological polar surface area (TPSA) is 71.1 Å². The van der Waals surface area contributed by atoms with Gasteiger partial charge in [0.1, 0.15) is 5.82 Å². The highest BCUT2D eigenvalue weighted by atomic mass is 32.2. The van der Waals surface area contributed by atoms with E-state index in [1.54, 1.807) is 24.4 Å². The van der Waals surface area contributed by atoms with Gasteiger partial charge in [-0.2, -0.15) is 0 Å². The number of benzene rings is 1. The third-order valence-corrected chi connectivity index (χ3v) is 4.81. The van der Waals surface area contributed by atoms with E-state index in [9.17, 15) is 8.42 Å². The summed E-state index contributed by atoms with van der Waals surface area (Å²) in [5.74, 6) is 0.671. The minimum absolute atomic E-state index is 0.233. The van der Waals surface area contributed by atoms with E-state index in [2.05, 4.69) is 35.8 Å². The number of anilines is 2. The third kappa shape index (κ3) is 4.69. The first-order valence-electron chi connectivity index (χ1n) is 7.75. The largest absolute Gasteiger partial charge is 0.384 e. The number of hydrogen-bond donors (Lipinski definition) is 2. The first-order chi connectivity index (χ1) is 10.9. The van der Waals surface area contributed by atoms with Gasteiger partial charge in [-0.1, -0.05) is 32.9 Å². The lowest BCUT2D eigenvalue weighted by molar-refractivity contribution is 0.601. The number of rotatable bonds is 7. The molecule has 2 rings (SSSR count). The summed E-state index contributed by atoms with van der Waals surface area (Å²) in [6.07, 6.45) is 2.64. The molecule has 0 aliphatic rings. The van der Waals surface area contributed by atoms with Crippen molar-refractivity contribution in [1.82, 2.24) is 4.98 Å². The predicted octanol–water partition coefficient (Wildman–Crippen LogP) is 3.83. The summed E-state index contributed by atoms with van der Waals surface area (Å²) in [4.78, 5) is 4.37. The third-order valence-electron chi connectivity index (χ3n) is 3.44. The molecular formula is C17H23N3O2S. The fourth-order valence-electron chi connectivity index (χ4n) is 2.06. The van der Waals surface area contributed by atoms with Crippen LogP contribution >= 0.6 is 0 Å². The molecule has 2 aromatic rings. The van der Waals surface area contributed by atoms with Gasteiger partial charge in [-0.05, 0) is 42.2 Å². The van der Waals surface area contributed by atoms with Crippen molar-refractivity contribution in [3.63, 3.8) is 0 Å². The molecule has 0 unspecified atom stereocenters. The highest BCUT2D eigenvalue weighted by Gasteiger charge is 2.15. The van der Waals surface area contributed by atoms with Gasteiger partial charge in [0.15, 0.2) is 0 Å².